The molecule has 1 rings (SSSR count). The molecule has 1 aromatic rings. The number of aryl methyl sites for hydroxylation is 1. The molecule has 0 saturated heterocycles. The third-order valence-corrected chi connectivity index (χ3v) is 4.83. The molecule has 0 radical (unpaired) electrons. The quantitative estimate of drug-likeness (QED) is 0.546. The number of hydrogen-bond donors (Lipinski definition) is 0. The molecule has 0 fully saturated rings. The first-order valence-corrected chi connectivity index (χ1v) is 10.1. The number of rotatable bonds is 4. The highest BCUT2D eigenvalue weighted by Gasteiger charge is 2.19. The summed E-state index contributed by atoms with van der Waals surface area (Å²) in [5.41, 5.74) is 1.34. The minimum Gasteiger partial charge on any atom is -0.146 e. The summed E-state index contributed by atoms with van der Waals surface area (Å²) in [5, 5.41) is 0. The highest BCUT2D eigenvalue weighted by atomic mass is 79.9. The van der Waals surface area contributed by atoms with Gasteiger partial charge in [0, 0.05) is 4.47 Å². The van der Waals surface area contributed by atoms with Crippen molar-refractivity contribution in [2.75, 3.05) is 0 Å². The number of halogens is 3. The van der Waals surface area contributed by atoms with Crippen molar-refractivity contribution < 1.29 is 0 Å². The van der Waals surface area contributed by atoms with E-state index in [0.717, 1.165) is 23.4 Å². The lowest BCUT2D eigenvalue weighted by Crippen LogP contribution is -2.11. The van der Waals surface area contributed by atoms with Crippen molar-refractivity contribution in [1.29, 1.82) is 0 Å². The zero-order valence-electron chi connectivity index (χ0n) is 8.06. The maximum Gasteiger partial charge on any atom is 0.248 e. The molecule has 14 heavy (non-hydrogen) atoms. The normalized spacial score (nSPS) is 11.7. The van der Waals surface area contributed by atoms with E-state index < -0.39 is 6.69 Å². The molecule has 0 unspecified atom stereocenters. The fraction of sp³-hybridized carbons (Fsp3) is 0.400. The average molecular weight is 312 g/mol. The van der Waals surface area contributed by atoms with E-state index in [-0.39, 0.29) is 0 Å². The van der Waals surface area contributed by atoms with E-state index in [9.17, 15) is 0 Å². The van der Waals surface area contributed by atoms with E-state index in [0.29, 0.717) is 0 Å². The second-order valence-corrected chi connectivity index (χ2v) is 12.7. The first kappa shape index (κ1) is 12.6. The van der Waals surface area contributed by atoms with Crippen LogP contribution in [0.1, 0.15) is 12.0 Å². The molecular weight excluding hydrogens is 299 g/mol. The molecular formula is C10H13BrCl2Si. The van der Waals surface area contributed by atoms with Crippen molar-refractivity contribution in [1.82, 2.24) is 0 Å². The van der Waals surface area contributed by atoms with Gasteiger partial charge in [-0.3, -0.25) is 0 Å². The maximum atomic E-state index is 6.03. The van der Waals surface area contributed by atoms with Crippen molar-refractivity contribution in [3.8, 4) is 0 Å². The average Bonchev–Trinajstić information content (AvgIpc) is 2.01. The summed E-state index contributed by atoms with van der Waals surface area (Å²) in [6, 6.07) is 9.32. The molecule has 0 aliphatic carbocycles. The van der Waals surface area contributed by atoms with Gasteiger partial charge in [0.15, 0.2) is 0 Å². The maximum absolute atomic E-state index is 6.03. The Labute approximate surface area is 104 Å². The van der Waals surface area contributed by atoms with Crippen molar-refractivity contribution in [2.45, 2.75) is 25.4 Å². The van der Waals surface area contributed by atoms with Gasteiger partial charge in [-0.15, -0.1) is 22.2 Å². The zero-order valence-corrected chi connectivity index (χ0v) is 12.2. The van der Waals surface area contributed by atoms with Gasteiger partial charge in [-0.1, -0.05) is 28.1 Å². The Balaban J connectivity index is 2.39. The summed E-state index contributed by atoms with van der Waals surface area (Å²) >= 11 is 15.5. The Morgan fingerprint density at radius 3 is 2.64 bits per heavy atom. The molecule has 0 aliphatic rings. The van der Waals surface area contributed by atoms with Crippen LogP contribution in [0.5, 0.6) is 0 Å². The summed E-state index contributed by atoms with van der Waals surface area (Å²) in [7, 11) is 0. The van der Waals surface area contributed by atoms with E-state index in [2.05, 4.69) is 34.1 Å². The molecule has 0 N–H and O–H groups in total. The predicted octanol–water partition coefficient (Wildman–Crippen LogP) is 4.93. The second-order valence-electron chi connectivity index (χ2n) is 3.55. The van der Waals surface area contributed by atoms with Crippen LogP contribution in [-0.2, 0) is 6.42 Å². The zero-order chi connectivity index (χ0) is 10.6. The van der Waals surface area contributed by atoms with E-state index in [1.807, 2.05) is 12.6 Å². The Bertz CT molecular complexity index is 296. The van der Waals surface area contributed by atoms with Gasteiger partial charge in [0.25, 0.3) is 0 Å². The van der Waals surface area contributed by atoms with Gasteiger partial charge >= 0.3 is 0 Å². The standard InChI is InChI=1S/C10H13BrCl2Si/c1-14(12,13)7-3-5-9-4-2-6-10(11)8-9/h2,4,6,8H,3,5,7H2,1H3. The summed E-state index contributed by atoms with van der Waals surface area (Å²) in [4.78, 5) is 0. The molecule has 0 nitrogen and oxygen atoms in total. The minimum absolute atomic E-state index is 0.961. The predicted molar refractivity (Wildman–Crippen MR) is 70.6 cm³/mol. The van der Waals surface area contributed by atoms with Crippen LogP contribution in [0, 0.1) is 0 Å². The van der Waals surface area contributed by atoms with Crippen LogP contribution in [0.2, 0.25) is 12.6 Å². The van der Waals surface area contributed by atoms with Gasteiger partial charge in [-0.25, -0.2) is 0 Å². The van der Waals surface area contributed by atoms with Crippen molar-refractivity contribution in [3.05, 3.63) is 34.3 Å². The largest absolute Gasteiger partial charge is 0.248 e. The van der Waals surface area contributed by atoms with Crippen molar-refractivity contribution in [2.24, 2.45) is 0 Å². The molecule has 78 valence electrons. The van der Waals surface area contributed by atoms with Gasteiger partial charge in [-0.2, -0.15) is 0 Å². The monoisotopic (exact) mass is 310 g/mol. The summed E-state index contributed by atoms with van der Waals surface area (Å²) < 4.78 is 1.13. The topological polar surface area (TPSA) is 0 Å². The molecule has 0 atom stereocenters. The van der Waals surface area contributed by atoms with Crippen molar-refractivity contribution in [3.63, 3.8) is 0 Å². The number of benzene rings is 1. The second kappa shape index (κ2) is 5.55. The molecule has 0 spiro atoms. The van der Waals surface area contributed by atoms with E-state index in [4.69, 9.17) is 22.2 Å². The highest BCUT2D eigenvalue weighted by molar-refractivity contribution is 9.10. The third kappa shape index (κ3) is 5.40. The fourth-order valence-corrected chi connectivity index (χ4v) is 3.34. The van der Waals surface area contributed by atoms with Gasteiger partial charge in [-0.05, 0) is 43.1 Å². The number of hydrogen-bond acceptors (Lipinski definition) is 0. The Hall–Kier alpha value is 0.497. The lowest BCUT2D eigenvalue weighted by Gasteiger charge is -2.09. The van der Waals surface area contributed by atoms with Gasteiger partial charge in [0.05, 0.1) is 0 Å². The van der Waals surface area contributed by atoms with Crippen LogP contribution in [-0.4, -0.2) is 6.69 Å². The molecule has 0 aromatic heterocycles. The van der Waals surface area contributed by atoms with Crippen molar-refractivity contribution >= 4 is 44.8 Å². The van der Waals surface area contributed by atoms with E-state index >= 15 is 0 Å². The first-order chi connectivity index (χ1) is 6.47. The molecule has 0 bridgehead atoms. The van der Waals surface area contributed by atoms with Gasteiger partial charge < -0.3 is 0 Å². The van der Waals surface area contributed by atoms with Crippen LogP contribution >= 0.6 is 38.1 Å². The molecule has 0 saturated carbocycles. The van der Waals surface area contributed by atoms with Gasteiger partial charge in [0.2, 0.25) is 6.69 Å². The van der Waals surface area contributed by atoms with Crippen LogP contribution < -0.4 is 0 Å². The molecule has 4 heteroatoms. The lowest BCUT2D eigenvalue weighted by molar-refractivity contribution is 0.910. The minimum atomic E-state index is -1.89. The molecule has 0 heterocycles. The molecule has 0 aliphatic heterocycles. The van der Waals surface area contributed by atoms with E-state index in [1.165, 1.54) is 5.56 Å². The SMILES string of the molecule is C[Si](Cl)(Cl)CCCc1cccc(Br)c1. The van der Waals surface area contributed by atoms with Crippen LogP contribution in [0.25, 0.3) is 0 Å². The van der Waals surface area contributed by atoms with Crippen LogP contribution in [0.15, 0.2) is 28.7 Å². The Morgan fingerprint density at radius 1 is 1.36 bits per heavy atom. The summed E-state index contributed by atoms with van der Waals surface area (Å²) in [5.74, 6) is 0. The highest BCUT2D eigenvalue weighted by Crippen LogP contribution is 2.23. The molecule has 1 aromatic carbocycles. The van der Waals surface area contributed by atoms with Crippen LogP contribution in [0.3, 0.4) is 0 Å². The molecule has 0 amide bonds. The van der Waals surface area contributed by atoms with Gasteiger partial charge in [0.1, 0.15) is 0 Å². The van der Waals surface area contributed by atoms with E-state index in [1.54, 1.807) is 0 Å². The fourth-order valence-electron chi connectivity index (χ4n) is 1.30. The van der Waals surface area contributed by atoms with Crippen LogP contribution in [0.4, 0.5) is 0 Å². The Kier molecular flexibility index (Phi) is 4.98. The lowest BCUT2D eigenvalue weighted by atomic mass is 10.1. The third-order valence-electron chi connectivity index (χ3n) is 1.97. The smallest absolute Gasteiger partial charge is 0.146 e. The first-order valence-electron chi connectivity index (χ1n) is 4.60. The Morgan fingerprint density at radius 2 is 2.07 bits per heavy atom. The summed E-state index contributed by atoms with van der Waals surface area (Å²) in [6.07, 6.45) is 2.13. The summed E-state index contributed by atoms with van der Waals surface area (Å²) in [6.45, 7) is 0.0773.